The molecule has 0 bridgehead atoms. The summed E-state index contributed by atoms with van der Waals surface area (Å²) in [5.74, 6) is 3.09. The Bertz CT molecular complexity index is 768. The standard InChI is InChI=1S/C22H33N5O.HI/c1-16-6-5-11-27(14-16)15-20-9-7-19(8-10-20)12-24-22(23-4)25-13-21-26-17(2)18(3)28-21;/h7-10,16H,5-6,11-15H2,1-4H3,(H2,23,24,25);1H. The number of aromatic nitrogens is 1. The third-order valence-electron chi connectivity index (χ3n) is 5.33. The van der Waals surface area contributed by atoms with Crippen molar-refractivity contribution in [2.24, 2.45) is 10.9 Å². The molecule has 1 saturated heterocycles. The molecule has 1 aromatic carbocycles. The first-order chi connectivity index (χ1) is 13.5. The van der Waals surface area contributed by atoms with E-state index in [1.807, 2.05) is 13.8 Å². The molecule has 2 N–H and O–H groups in total. The number of aryl methyl sites for hydroxylation is 2. The fraction of sp³-hybridized carbons (Fsp3) is 0.545. The number of guanidine groups is 1. The van der Waals surface area contributed by atoms with Gasteiger partial charge < -0.3 is 15.1 Å². The zero-order valence-electron chi connectivity index (χ0n) is 18.0. The second-order valence-electron chi connectivity index (χ2n) is 7.83. The minimum Gasteiger partial charge on any atom is -0.444 e. The van der Waals surface area contributed by atoms with Gasteiger partial charge in [0.1, 0.15) is 5.76 Å². The van der Waals surface area contributed by atoms with Crippen molar-refractivity contribution in [3.8, 4) is 0 Å². The Balaban J connectivity index is 0.00000300. The lowest BCUT2D eigenvalue weighted by atomic mass is 9.99. The fourth-order valence-corrected chi connectivity index (χ4v) is 3.63. The largest absolute Gasteiger partial charge is 0.444 e. The molecular formula is C22H34IN5O. The highest BCUT2D eigenvalue weighted by molar-refractivity contribution is 14.0. The van der Waals surface area contributed by atoms with Crippen molar-refractivity contribution in [1.82, 2.24) is 20.5 Å². The summed E-state index contributed by atoms with van der Waals surface area (Å²) >= 11 is 0. The Morgan fingerprint density at radius 2 is 1.86 bits per heavy atom. The highest BCUT2D eigenvalue weighted by Crippen LogP contribution is 2.18. The number of rotatable bonds is 6. The Labute approximate surface area is 191 Å². The molecule has 1 aliphatic heterocycles. The molecule has 0 saturated carbocycles. The number of hydrogen-bond donors (Lipinski definition) is 2. The third kappa shape index (κ3) is 7.29. The highest BCUT2D eigenvalue weighted by Gasteiger charge is 2.16. The second-order valence-corrected chi connectivity index (χ2v) is 7.83. The first-order valence-corrected chi connectivity index (χ1v) is 10.2. The number of likely N-dealkylation sites (tertiary alicyclic amines) is 1. The molecule has 2 heterocycles. The number of nitrogens with one attached hydrogen (secondary N) is 2. The predicted octanol–water partition coefficient (Wildman–Crippen LogP) is 4.01. The number of aliphatic imine (C=N–C) groups is 1. The van der Waals surface area contributed by atoms with Crippen LogP contribution in [0.25, 0.3) is 0 Å². The fourth-order valence-electron chi connectivity index (χ4n) is 3.63. The van der Waals surface area contributed by atoms with Crippen molar-refractivity contribution in [2.75, 3.05) is 20.1 Å². The van der Waals surface area contributed by atoms with Crippen LogP contribution in [-0.4, -0.2) is 36.0 Å². The molecule has 29 heavy (non-hydrogen) atoms. The lowest BCUT2D eigenvalue weighted by Gasteiger charge is -2.30. The van der Waals surface area contributed by atoms with Gasteiger partial charge in [0.25, 0.3) is 0 Å². The van der Waals surface area contributed by atoms with Gasteiger partial charge in [0.15, 0.2) is 5.96 Å². The minimum atomic E-state index is 0. The number of piperidine rings is 1. The third-order valence-corrected chi connectivity index (χ3v) is 5.33. The topological polar surface area (TPSA) is 65.7 Å². The van der Waals surface area contributed by atoms with Crippen LogP contribution in [0.15, 0.2) is 33.7 Å². The van der Waals surface area contributed by atoms with Crippen molar-refractivity contribution in [3.05, 3.63) is 52.7 Å². The SMILES string of the molecule is CN=C(NCc1ccc(CN2CCCC(C)C2)cc1)NCc1nc(C)c(C)o1.I. The second kappa shape index (κ2) is 11.5. The van der Waals surface area contributed by atoms with Crippen LogP contribution in [0.4, 0.5) is 0 Å². The van der Waals surface area contributed by atoms with E-state index in [1.165, 1.54) is 37.1 Å². The number of oxazole rings is 1. The molecule has 2 aromatic rings. The van der Waals surface area contributed by atoms with Crippen molar-refractivity contribution >= 4 is 29.9 Å². The molecule has 1 aromatic heterocycles. The lowest BCUT2D eigenvalue weighted by molar-refractivity contribution is 0.176. The molecule has 3 rings (SSSR count). The average molecular weight is 511 g/mol. The molecule has 0 spiro atoms. The summed E-state index contributed by atoms with van der Waals surface area (Å²) in [4.78, 5) is 11.2. The van der Waals surface area contributed by atoms with Crippen molar-refractivity contribution in [3.63, 3.8) is 0 Å². The Kier molecular flexibility index (Phi) is 9.42. The minimum absolute atomic E-state index is 0. The van der Waals surface area contributed by atoms with Gasteiger partial charge in [0, 0.05) is 26.7 Å². The van der Waals surface area contributed by atoms with Crippen molar-refractivity contribution in [2.45, 2.75) is 53.2 Å². The van der Waals surface area contributed by atoms with Gasteiger partial charge in [0.05, 0.1) is 12.2 Å². The van der Waals surface area contributed by atoms with Gasteiger partial charge in [-0.3, -0.25) is 9.89 Å². The number of halogens is 1. The monoisotopic (exact) mass is 511 g/mol. The van der Waals surface area contributed by atoms with Crippen LogP contribution in [-0.2, 0) is 19.6 Å². The molecule has 1 unspecified atom stereocenters. The van der Waals surface area contributed by atoms with Gasteiger partial charge in [-0.05, 0) is 50.3 Å². The summed E-state index contributed by atoms with van der Waals surface area (Å²) in [6, 6.07) is 8.88. The summed E-state index contributed by atoms with van der Waals surface area (Å²) in [5, 5.41) is 6.59. The van der Waals surface area contributed by atoms with E-state index in [4.69, 9.17) is 4.42 Å². The van der Waals surface area contributed by atoms with Crippen LogP contribution in [0, 0.1) is 19.8 Å². The molecule has 0 amide bonds. The average Bonchev–Trinajstić information content (AvgIpc) is 3.01. The zero-order valence-corrected chi connectivity index (χ0v) is 20.3. The molecule has 160 valence electrons. The normalized spacial score (nSPS) is 17.7. The van der Waals surface area contributed by atoms with Gasteiger partial charge in [-0.25, -0.2) is 4.98 Å². The van der Waals surface area contributed by atoms with Crippen molar-refractivity contribution < 1.29 is 4.42 Å². The van der Waals surface area contributed by atoms with Gasteiger partial charge in [-0.15, -0.1) is 24.0 Å². The van der Waals surface area contributed by atoms with E-state index < -0.39 is 0 Å². The van der Waals surface area contributed by atoms with Crippen LogP contribution in [0.2, 0.25) is 0 Å². The summed E-state index contributed by atoms with van der Waals surface area (Å²) in [5.41, 5.74) is 3.55. The molecule has 0 radical (unpaired) electrons. The maximum absolute atomic E-state index is 5.59. The molecule has 0 aliphatic carbocycles. The summed E-state index contributed by atoms with van der Waals surface area (Å²) in [6.45, 7) is 11.0. The first kappa shape index (κ1) is 23.7. The summed E-state index contributed by atoms with van der Waals surface area (Å²) < 4.78 is 5.59. The van der Waals surface area contributed by atoms with Crippen LogP contribution in [0.1, 0.15) is 48.2 Å². The maximum atomic E-state index is 5.59. The number of hydrogen-bond acceptors (Lipinski definition) is 4. The van der Waals surface area contributed by atoms with Crippen LogP contribution in [0.3, 0.4) is 0 Å². The van der Waals surface area contributed by atoms with Crippen LogP contribution >= 0.6 is 24.0 Å². The van der Waals surface area contributed by atoms with Gasteiger partial charge in [-0.2, -0.15) is 0 Å². The smallest absolute Gasteiger partial charge is 0.214 e. The summed E-state index contributed by atoms with van der Waals surface area (Å²) in [7, 11) is 1.77. The van der Waals surface area contributed by atoms with Gasteiger partial charge >= 0.3 is 0 Å². The molecule has 1 aliphatic rings. The van der Waals surface area contributed by atoms with Gasteiger partial charge in [0.2, 0.25) is 5.89 Å². The van der Waals surface area contributed by atoms with E-state index in [-0.39, 0.29) is 24.0 Å². The predicted molar refractivity (Wildman–Crippen MR) is 129 cm³/mol. The Morgan fingerprint density at radius 1 is 1.17 bits per heavy atom. The quantitative estimate of drug-likeness (QED) is 0.349. The van der Waals surface area contributed by atoms with E-state index in [9.17, 15) is 0 Å². The van der Waals surface area contributed by atoms with E-state index in [0.29, 0.717) is 12.4 Å². The van der Waals surface area contributed by atoms with Gasteiger partial charge in [-0.1, -0.05) is 31.2 Å². The molecule has 7 heteroatoms. The Hall–Kier alpha value is -1.61. The highest BCUT2D eigenvalue weighted by atomic mass is 127. The lowest BCUT2D eigenvalue weighted by Crippen LogP contribution is -2.36. The van der Waals surface area contributed by atoms with E-state index >= 15 is 0 Å². The molecule has 1 fully saturated rings. The van der Waals surface area contributed by atoms with Crippen LogP contribution in [0.5, 0.6) is 0 Å². The summed E-state index contributed by atoms with van der Waals surface area (Å²) in [6.07, 6.45) is 2.69. The van der Waals surface area contributed by atoms with E-state index in [0.717, 1.165) is 36.4 Å². The molecule has 1 atom stereocenters. The molecular weight excluding hydrogens is 477 g/mol. The zero-order chi connectivity index (χ0) is 19.9. The van der Waals surface area contributed by atoms with Crippen LogP contribution < -0.4 is 10.6 Å². The maximum Gasteiger partial charge on any atom is 0.214 e. The first-order valence-electron chi connectivity index (χ1n) is 10.2. The van der Waals surface area contributed by atoms with E-state index in [2.05, 4.69) is 56.7 Å². The van der Waals surface area contributed by atoms with Crippen molar-refractivity contribution in [1.29, 1.82) is 0 Å². The Morgan fingerprint density at radius 3 is 2.48 bits per heavy atom. The van der Waals surface area contributed by atoms with E-state index in [1.54, 1.807) is 7.05 Å². The number of benzene rings is 1. The molecule has 6 nitrogen and oxygen atoms in total. The number of nitrogens with zero attached hydrogens (tertiary/aromatic N) is 3.